The van der Waals surface area contributed by atoms with Gasteiger partial charge in [0.15, 0.2) is 0 Å². The Balaban J connectivity index is 2.07. The van der Waals surface area contributed by atoms with Crippen LogP contribution in [0.5, 0.6) is 0 Å². The minimum Gasteiger partial charge on any atom is -0.0582 e. The summed E-state index contributed by atoms with van der Waals surface area (Å²) in [6.45, 7) is 20.5. The van der Waals surface area contributed by atoms with E-state index in [2.05, 4.69) is 182 Å². The molecule has 0 aliphatic carbocycles. The molecule has 0 heterocycles. The summed E-state index contributed by atoms with van der Waals surface area (Å²) in [4.78, 5) is 0. The Kier molecular flexibility index (Phi) is 7.76. The number of rotatable bonds is 4. The van der Waals surface area contributed by atoms with Gasteiger partial charge in [-0.25, -0.2) is 0 Å². The fourth-order valence-corrected chi connectivity index (χ4v) is 5.72. The zero-order valence-electron chi connectivity index (χ0n) is 24.6. The number of hydrogen-bond acceptors (Lipinski definition) is 0. The fourth-order valence-electron chi connectivity index (χ4n) is 5.36. The molecule has 38 heavy (non-hydrogen) atoms. The molecule has 0 unspecified atom stereocenters. The van der Waals surface area contributed by atoms with Crippen LogP contribution >= 0.6 is 22.6 Å². The molecule has 4 aromatic rings. The molecule has 1 heteroatoms. The lowest BCUT2D eigenvalue weighted by molar-refractivity contribution is 0.587. The minimum absolute atomic E-state index is 0.104. The molecule has 0 saturated carbocycles. The molecule has 0 aromatic heterocycles. The third kappa shape index (κ3) is 5.64. The molecule has 0 nitrogen and oxygen atoms in total. The Labute approximate surface area is 245 Å². The highest BCUT2D eigenvalue weighted by molar-refractivity contribution is 14.1. The van der Waals surface area contributed by atoms with Crippen molar-refractivity contribution in [1.82, 2.24) is 0 Å². The van der Waals surface area contributed by atoms with Gasteiger partial charge in [0.2, 0.25) is 0 Å². The summed E-state index contributed by atoms with van der Waals surface area (Å²) in [6, 6.07) is 37.2. The first kappa shape index (κ1) is 28.6. The Morgan fingerprint density at radius 1 is 0.316 bits per heavy atom. The van der Waals surface area contributed by atoms with E-state index in [-0.39, 0.29) is 16.2 Å². The minimum atomic E-state index is -0.437. The van der Waals surface area contributed by atoms with E-state index >= 15 is 0 Å². The lowest BCUT2D eigenvalue weighted by Gasteiger charge is -2.38. The van der Waals surface area contributed by atoms with Crippen molar-refractivity contribution in [2.24, 2.45) is 0 Å². The summed E-state index contributed by atoms with van der Waals surface area (Å²) < 4.78 is 1.24. The third-order valence-corrected chi connectivity index (χ3v) is 8.55. The fraction of sp³-hybridized carbons (Fsp3) is 0.351. The van der Waals surface area contributed by atoms with E-state index in [4.69, 9.17) is 0 Å². The lowest BCUT2D eigenvalue weighted by atomic mass is 9.64. The molecular weight excluding hydrogens is 571 g/mol. The molecule has 0 N–H and O–H groups in total. The predicted octanol–water partition coefficient (Wildman–Crippen LogP) is 10.6. The van der Waals surface area contributed by atoms with Crippen LogP contribution in [0.1, 0.15) is 101 Å². The van der Waals surface area contributed by atoms with E-state index in [1.807, 2.05) is 0 Å². The first-order valence-corrected chi connectivity index (χ1v) is 14.8. The van der Waals surface area contributed by atoms with Crippen LogP contribution in [-0.4, -0.2) is 0 Å². The first-order chi connectivity index (χ1) is 17.6. The summed E-state index contributed by atoms with van der Waals surface area (Å²) >= 11 is 2.41. The van der Waals surface area contributed by atoms with Crippen LogP contribution in [0.25, 0.3) is 0 Å². The van der Waals surface area contributed by atoms with E-state index in [0.717, 1.165) is 0 Å². The van der Waals surface area contributed by atoms with Crippen LogP contribution in [0.3, 0.4) is 0 Å². The maximum absolute atomic E-state index is 2.41. The molecule has 4 aromatic carbocycles. The second-order valence-corrected chi connectivity index (χ2v) is 15.0. The van der Waals surface area contributed by atoms with E-state index < -0.39 is 5.41 Å². The first-order valence-electron chi connectivity index (χ1n) is 13.7. The molecule has 0 bridgehead atoms. The molecule has 0 saturated heterocycles. The Hall–Kier alpha value is -2.39. The smallest absolute Gasteiger partial charge is 0.0582 e. The summed E-state index contributed by atoms with van der Waals surface area (Å²) in [7, 11) is 0. The average Bonchev–Trinajstić information content (AvgIpc) is 2.85. The van der Waals surface area contributed by atoms with Gasteiger partial charge in [-0.1, -0.05) is 147 Å². The van der Waals surface area contributed by atoms with E-state index in [9.17, 15) is 0 Å². The second-order valence-electron chi connectivity index (χ2n) is 13.7. The van der Waals surface area contributed by atoms with Gasteiger partial charge in [0.1, 0.15) is 0 Å². The standard InChI is InChI=1S/C37H43I/c1-34(2,3)26-10-16-29(17-11-26)37(32-22-24-33(38)25-23-32,30-18-12-27(13-19-30)35(4,5)6)31-20-14-28(15-21-31)36(7,8)9/h10-25H,1-9H3. The molecule has 4 rings (SSSR count). The van der Waals surface area contributed by atoms with Crippen molar-refractivity contribution in [2.75, 3.05) is 0 Å². The molecule has 0 fully saturated rings. The molecular formula is C37H43I. The van der Waals surface area contributed by atoms with Gasteiger partial charge in [0.25, 0.3) is 0 Å². The maximum atomic E-state index is 2.41. The molecule has 0 aliphatic rings. The Bertz CT molecular complexity index is 1210. The monoisotopic (exact) mass is 614 g/mol. The van der Waals surface area contributed by atoms with Crippen LogP contribution in [0.2, 0.25) is 0 Å². The van der Waals surface area contributed by atoms with Crippen LogP contribution < -0.4 is 0 Å². The zero-order valence-corrected chi connectivity index (χ0v) is 26.8. The van der Waals surface area contributed by atoms with Crippen molar-refractivity contribution in [1.29, 1.82) is 0 Å². The van der Waals surface area contributed by atoms with Gasteiger partial charge in [-0.2, -0.15) is 0 Å². The van der Waals surface area contributed by atoms with Crippen molar-refractivity contribution in [3.05, 3.63) is 140 Å². The van der Waals surface area contributed by atoms with Crippen molar-refractivity contribution in [3.8, 4) is 0 Å². The molecule has 0 aliphatic heterocycles. The van der Waals surface area contributed by atoms with E-state index in [1.165, 1.54) is 42.5 Å². The van der Waals surface area contributed by atoms with Gasteiger partial charge in [-0.05, 0) is 89.9 Å². The number of hydrogen-bond donors (Lipinski definition) is 0. The Morgan fingerprint density at radius 2 is 0.500 bits per heavy atom. The van der Waals surface area contributed by atoms with Gasteiger partial charge in [0.05, 0.1) is 5.41 Å². The molecule has 0 radical (unpaired) electrons. The van der Waals surface area contributed by atoms with Gasteiger partial charge in [0, 0.05) is 3.57 Å². The van der Waals surface area contributed by atoms with E-state index in [0.29, 0.717) is 0 Å². The van der Waals surface area contributed by atoms with Crippen LogP contribution in [-0.2, 0) is 21.7 Å². The van der Waals surface area contributed by atoms with Crippen LogP contribution in [0, 0.1) is 3.57 Å². The highest BCUT2D eigenvalue weighted by Gasteiger charge is 2.39. The second kappa shape index (κ2) is 10.3. The molecule has 198 valence electrons. The van der Waals surface area contributed by atoms with Gasteiger partial charge >= 0.3 is 0 Å². The molecule has 0 amide bonds. The highest BCUT2D eigenvalue weighted by atomic mass is 127. The summed E-state index contributed by atoms with van der Waals surface area (Å²) in [6.07, 6.45) is 0. The third-order valence-electron chi connectivity index (χ3n) is 7.83. The van der Waals surface area contributed by atoms with Gasteiger partial charge < -0.3 is 0 Å². The summed E-state index contributed by atoms with van der Waals surface area (Å²) in [5, 5.41) is 0. The quantitative estimate of drug-likeness (QED) is 0.159. The summed E-state index contributed by atoms with van der Waals surface area (Å²) in [5.41, 5.74) is 9.08. The molecule has 0 spiro atoms. The van der Waals surface area contributed by atoms with Crippen molar-refractivity contribution < 1.29 is 0 Å². The number of benzene rings is 4. The van der Waals surface area contributed by atoms with Gasteiger partial charge in [-0.3, -0.25) is 0 Å². The Morgan fingerprint density at radius 3 is 0.711 bits per heavy atom. The van der Waals surface area contributed by atoms with Crippen molar-refractivity contribution in [2.45, 2.75) is 84.0 Å². The summed E-state index contributed by atoms with van der Waals surface area (Å²) in [5.74, 6) is 0. The average molecular weight is 615 g/mol. The lowest BCUT2D eigenvalue weighted by Crippen LogP contribution is -2.31. The normalized spacial score (nSPS) is 13.0. The predicted molar refractivity (Wildman–Crippen MR) is 174 cm³/mol. The van der Waals surface area contributed by atoms with Crippen LogP contribution in [0.4, 0.5) is 0 Å². The SMILES string of the molecule is CC(C)(C)c1ccc(C(c2ccc(I)cc2)(c2ccc(C(C)(C)C)cc2)c2ccc(C(C)(C)C)cc2)cc1. The van der Waals surface area contributed by atoms with Gasteiger partial charge in [-0.15, -0.1) is 0 Å². The van der Waals surface area contributed by atoms with Crippen molar-refractivity contribution in [3.63, 3.8) is 0 Å². The maximum Gasteiger partial charge on any atom is 0.0701 e. The molecule has 0 atom stereocenters. The highest BCUT2D eigenvalue weighted by Crippen LogP contribution is 2.46. The topological polar surface area (TPSA) is 0 Å². The zero-order chi connectivity index (χ0) is 27.9. The van der Waals surface area contributed by atoms with Crippen LogP contribution in [0.15, 0.2) is 97.1 Å². The van der Waals surface area contributed by atoms with E-state index in [1.54, 1.807) is 0 Å². The number of halogens is 1. The van der Waals surface area contributed by atoms with Crippen molar-refractivity contribution >= 4 is 22.6 Å². The largest absolute Gasteiger partial charge is 0.0701 e.